The third-order valence-corrected chi connectivity index (χ3v) is 3.62. The minimum atomic E-state index is 0.865. The molecule has 0 saturated carbocycles. The van der Waals surface area contributed by atoms with E-state index in [2.05, 4.69) is 27.4 Å². The summed E-state index contributed by atoms with van der Waals surface area (Å²) in [5.41, 5.74) is 3.58. The van der Waals surface area contributed by atoms with Gasteiger partial charge in [-0.05, 0) is 24.4 Å². The maximum Gasteiger partial charge on any atom is 0.166 e. The number of para-hydroxylation sites is 2. The van der Waals surface area contributed by atoms with E-state index in [1.807, 2.05) is 12.1 Å². The van der Waals surface area contributed by atoms with E-state index in [0.29, 0.717) is 0 Å². The van der Waals surface area contributed by atoms with Crippen LogP contribution >= 0.6 is 23.6 Å². The van der Waals surface area contributed by atoms with E-state index in [1.54, 1.807) is 11.3 Å². The molecule has 0 spiro atoms. The number of thiazole rings is 1. The van der Waals surface area contributed by atoms with Crippen LogP contribution < -0.4 is 5.32 Å². The third kappa shape index (κ3) is 1.04. The SMILES string of the molecule is S=c1scc2n1-c1ccccc1NC2. The van der Waals surface area contributed by atoms with Crippen LogP contribution in [0.5, 0.6) is 0 Å². The minimum Gasteiger partial charge on any atom is -0.378 e. The Morgan fingerprint density at radius 2 is 2.21 bits per heavy atom. The fourth-order valence-corrected chi connectivity index (χ4v) is 2.83. The highest BCUT2D eigenvalue weighted by Gasteiger charge is 2.14. The van der Waals surface area contributed by atoms with Crippen LogP contribution in [0.15, 0.2) is 29.6 Å². The Balaban J connectivity index is 2.38. The molecule has 2 heterocycles. The number of anilines is 1. The first-order valence-electron chi connectivity index (χ1n) is 4.39. The molecule has 0 saturated heterocycles. The topological polar surface area (TPSA) is 17.0 Å². The van der Waals surface area contributed by atoms with Gasteiger partial charge in [0.1, 0.15) is 0 Å². The van der Waals surface area contributed by atoms with Gasteiger partial charge in [-0.25, -0.2) is 0 Å². The van der Waals surface area contributed by atoms with Crippen molar-refractivity contribution in [3.8, 4) is 5.69 Å². The van der Waals surface area contributed by atoms with Crippen molar-refractivity contribution in [2.45, 2.75) is 6.54 Å². The molecule has 0 amide bonds. The van der Waals surface area contributed by atoms with Gasteiger partial charge < -0.3 is 5.32 Å². The minimum absolute atomic E-state index is 0.865. The van der Waals surface area contributed by atoms with Crippen LogP contribution in [-0.2, 0) is 6.54 Å². The highest BCUT2D eigenvalue weighted by molar-refractivity contribution is 7.73. The van der Waals surface area contributed by atoms with Gasteiger partial charge in [-0.15, -0.1) is 11.3 Å². The first-order chi connectivity index (χ1) is 6.86. The molecule has 2 aromatic rings. The van der Waals surface area contributed by atoms with E-state index >= 15 is 0 Å². The summed E-state index contributed by atoms with van der Waals surface area (Å²) >= 11 is 6.92. The quantitative estimate of drug-likeness (QED) is 0.687. The van der Waals surface area contributed by atoms with Crippen molar-refractivity contribution in [3.63, 3.8) is 0 Å². The Morgan fingerprint density at radius 3 is 3.14 bits per heavy atom. The highest BCUT2D eigenvalue weighted by Crippen LogP contribution is 2.29. The van der Waals surface area contributed by atoms with E-state index in [-0.39, 0.29) is 0 Å². The van der Waals surface area contributed by atoms with E-state index in [9.17, 15) is 0 Å². The smallest absolute Gasteiger partial charge is 0.166 e. The summed E-state index contributed by atoms with van der Waals surface area (Å²) < 4.78 is 3.07. The molecule has 1 aliphatic rings. The molecule has 0 bridgehead atoms. The number of fused-ring (bicyclic) bond motifs is 3. The van der Waals surface area contributed by atoms with Crippen LogP contribution in [0.1, 0.15) is 5.69 Å². The Bertz CT molecular complexity index is 539. The standard InChI is InChI=1S/C10H8N2S2/c13-10-12-7(6-14-10)5-11-8-3-1-2-4-9(8)12/h1-4,6,11H,5H2. The number of benzene rings is 1. The van der Waals surface area contributed by atoms with E-state index in [1.165, 1.54) is 11.4 Å². The first kappa shape index (κ1) is 8.20. The molecular formula is C10H8N2S2. The van der Waals surface area contributed by atoms with Gasteiger partial charge in [0.15, 0.2) is 3.95 Å². The summed E-state index contributed by atoms with van der Waals surface area (Å²) in [6.07, 6.45) is 0. The number of nitrogens with zero attached hydrogens (tertiary/aromatic N) is 1. The van der Waals surface area contributed by atoms with Crippen molar-refractivity contribution in [3.05, 3.63) is 39.3 Å². The van der Waals surface area contributed by atoms with Gasteiger partial charge in [-0.1, -0.05) is 12.1 Å². The molecule has 0 atom stereocenters. The third-order valence-electron chi connectivity index (χ3n) is 2.37. The van der Waals surface area contributed by atoms with Crippen molar-refractivity contribution in [1.29, 1.82) is 0 Å². The van der Waals surface area contributed by atoms with Crippen molar-refractivity contribution in [2.75, 3.05) is 5.32 Å². The summed E-state index contributed by atoms with van der Waals surface area (Å²) in [7, 11) is 0. The molecule has 14 heavy (non-hydrogen) atoms. The van der Waals surface area contributed by atoms with Crippen LogP contribution in [0.3, 0.4) is 0 Å². The Labute approximate surface area is 90.8 Å². The fraction of sp³-hybridized carbons (Fsp3) is 0.100. The largest absolute Gasteiger partial charge is 0.378 e. The monoisotopic (exact) mass is 220 g/mol. The lowest BCUT2D eigenvalue weighted by molar-refractivity contribution is 0.901. The molecule has 0 unspecified atom stereocenters. The average Bonchev–Trinajstić information content (AvgIpc) is 2.61. The maximum absolute atomic E-state index is 5.30. The van der Waals surface area contributed by atoms with Crippen LogP contribution in [-0.4, -0.2) is 4.57 Å². The average molecular weight is 220 g/mol. The predicted molar refractivity (Wildman–Crippen MR) is 61.8 cm³/mol. The second-order valence-electron chi connectivity index (χ2n) is 3.20. The van der Waals surface area contributed by atoms with Gasteiger partial charge in [0.2, 0.25) is 0 Å². The highest BCUT2D eigenvalue weighted by atomic mass is 32.1. The zero-order chi connectivity index (χ0) is 9.54. The number of hydrogen-bond acceptors (Lipinski definition) is 3. The molecule has 0 radical (unpaired) electrons. The predicted octanol–water partition coefficient (Wildman–Crippen LogP) is 3.19. The molecule has 0 aliphatic carbocycles. The molecule has 1 aromatic heterocycles. The van der Waals surface area contributed by atoms with Gasteiger partial charge in [-0.2, -0.15) is 0 Å². The van der Waals surface area contributed by atoms with Gasteiger partial charge >= 0.3 is 0 Å². The van der Waals surface area contributed by atoms with Gasteiger partial charge in [0, 0.05) is 5.38 Å². The Hall–Kier alpha value is -1.13. The van der Waals surface area contributed by atoms with E-state index in [4.69, 9.17) is 12.2 Å². The fourth-order valence-electron chi connectivity index (χ4n) is 1.72. The lowest BCUT2D eigenvalue weighted by atomic mass is 10.2. The van der Waals surface area contributed by atoms with E-state index < -0.39 is 0 Å². The second-order valence-corrected chi connectivity index (χ2v) is 4.70. The molecule has 0 fully saturated rings. The molecule has 3 rings (SSSR count). The van der Waals surface area contributed by atoms with Crippen molar-refractivity contribution in [1.82, 2.24) is 4.57 Å². The number of rotatable bonds is 0. The molecule has 4 heteroatoms. The maximum atomic E-state index is 5.30. The van der Waals surface area contributed by atoms with Gasteiger partial charge in [0.05, 0.1) is 23.6 Å². The number of nitrogens with one attached hydrogen (secondary N) is 1. The molecule has 1 N–H and O–H groups in total. The zero-order valence-corrected chi connectivity index (χ0v) is 8.99. The molecule has 1 aliphatic heterocycles. The number of hydrogen-bond donors (Lipinski definition) is 1. The van der Waals surface area contributed by atoms with Crippen molar-refractivity contribution < 1.29 is 0 Å². The summed E-state index contributed by atoms with van der Waals surface area (Å²) in [5.74, 6) is 0. The normalized spacial score (nSPS) is 12.9. The van der Waals surface area contributed by atoms with Crippen LogP contribution in [0, 0.1) is 3.95 Å². The molecular weight excluding hydrogens is 212 g/mol. The first-order valence-corrected chi connectivity index (χ1v) is 5.68. The zero-order valence-electron chi connectivity index (χ0n) is 7.36. The summed E-state index contributed by atoms with van der Waals surface area (Å²) in [4.78, 5) is 0. The van der Waals surface area contributed by atoms with E-state index in [0.717, 1.165) is 16.2 Å². The Morgan fingerprint density at radius 1 is 1.36 bits per heavy atom. The van der Waals surface area contributed by atoms with Crippen LogP contribution in [0.25, 0.3) is 5.69 Å². The Kier molecular flexibility index (Phi) is 1.72. The summed E-state index contributed by atoms with van der Waals surface area (Å²) in [6, 6.07) is 8.24. The van der Waals surface area contributed by atoms with Gasteiger partial charge in [-0.3, -0.25) is 4.57 Å². The second kappa shape index (κ2) is 2.93. The number of aromatic nitrogens is 1. The van der Waals surface area contributed by atoms with Crippen LogP contribution in [0.4, 0.5) is 5.69 Å². The molecule has 2 nitrogen and oxygen atoms in total. The summed E-state index contributed by atoms with van der Waals surface area (Å²) in [6.45, 7) is 0.865. The molecule has 1 aromatic carbocycles. The van der Waals surface area contributed by atoms with Crippen molar-refractivity contribution >= 4 is 29.2 Å². The van der Waals surface area contributed by atoms with Crippen molar-refractivity contribution in [2.24, 2.45) is 0 Å². The van der Waals surface area contributed by atoms with Gasteiger partial charge in [0.25, 0.3) is 0 Å². The lowest BCUT2D eigenvalue weighted by Gasteiger charge is -2.20. The summed E-state index contributed by atoms with van der Waals surface area (Å²) in [5, 5.41) is 5.49. The molecule has 70 valence electrons. The lowest BCUT2D eigenvalue weighted by Crippen LogP contribution is -2.14. The van der Waals surface area contributed by atoms with Crippen LogP contribution in [0.2, 0.25) is 0 Å².